The molecule has 0 N–H and O–H groups in total. The molecule has 6 heteroatoms. The van der Waals surface area contributed by atoms with E-state index in [1.807, 2.05) is 35.2 Å². The topological polar surface area (TPSA) is 23.6 Å². The number of likely N-dealkylation sites (tertiary alicyclic amines) is 1. The highest BCUT2D eigenvalue weighted by Crippen LogP contribution is 2.35. The third-order valence-electron chi connectivity index (χ3n) is 6.55. The van der Waals surface area contributed by atoms with Gasteiger partial charge < -0.3 is 4.90 Å². The Balaban J connectivity index is 1.58. The molecule has 1 saturated heterocycles. The maximum absolute atomic E-state index is 13.8. The van der Waals surface area contributed by atoms with Gasteiger partial charge in [-0.25, -0.2) is 13.2 Å². The molecule has 1 aliphatic heterocycles. The van der Waals surface area contributed by atoms with Gasteiger partial charge in [-0.1, -0.05) is 50.2 Å². The first-order chi connectivity index (χ1) is 16.8. The summed E-state index contributed by atoms with van der Waals surface area (Å²) in [4.78, 5) is 17.5. The van der Waals surface area contributed by atoms with Crippen LogP contribution in [-0.4, -0.2) is 41.9 Å². The molecule has 1 aliphatic rings. The van der Waals surface area contributed by atoms with Crippen LogP contribution in [0.25, 0.3) is 0 Å². The number of hydrogen-bond acceptors (Lipinski definition) is 2. The van der Waals surface area contributed by atoms with Crippen molar-refractivity contribution in [3.63, 3.8) is 0 Å². The number of amides is 1. The third kappa shape index (κ3) is 6.31. The average Bonchev–Trinajstić information content (AvgIpc) is 3.23. The second-order valence-electron chi connectivity index (χ2n) is 9.83. The van der Waals surface area contributed by atoms with Crippen molar-refractivity contribution in [2.75, 3.05) is 26.2 Å². The van der Waals surface area contributed by atoms with Crippen LogP contribution in [0.1, 0.15) is 41.3 Å². The van der Waals surface area contributed by atoms with Crippen LogP contribution in [0.15, 0.2) is 72.8 Å². The summed E-state index contributed by atoms with van der Waals surface area (Å²) in [5.41, 5.74) is 2.37. The van der Waals surface area contributed by atoms with E-state index in [0.29, 0.717) is 49.8 Å². The molecule has 0 aromatic heterocycles. The van der Waals surface area contributed by atoms with Gasteiger partial charge in [0, 0.05) is 44.2 Å². The van der Waals surface area contributed by atoms with Crippen LogP contribution < -0.4 is 0 Å². The highest BCUT2D eigenvalue weighted by atomic mass is 19.2. The Morgan fingerprint density at radius 2 is 1.66 bits per heavy atom. The summed E-state index contributed by atoms with van der Waals surface area (Å²) in [6, 6.07) is 19.8. The van der Waals surface area contributed by atoms with Crippen molar-refractivity contribution in [2.24, 2.45) is 11.8 Å². The van der Waals surface area contributed by atoms with Crippen molar-refractivity contribution in [1.82, 2.24) is 9.80 Å². The van der Waals surface area contributed by atoms with E-state index >= 15 is 0 Å². The van der Waals surface area contributed by atoms with Gasteiger partial charge in [0.15, 0.2) is 11.6 Å². The van der Waals surface area contributed by atoms with Crippen LogP contribution in [0.5, 0.6) is 0 Å². The number of rotatable bonds is 8. The lowest BCUT2D eigenvalue weighted by Gasteiger charge is -2.30. The summed E-state index contributed by atoms with van der Waals surface area (Å²) >= 11 is 0. The van der Waals surface area contributed by atoms with E-state index in [1.165, 1.54) is 18.2 Å². The molecule has 0 aliphatic carbocycles. The lowest BCUT2D eigenvalue weighted by Crippen LogP contribution is -2.39. The van der Waals surface area contributed by atoms with Crippen molar-refractivity contribution in [2.45, 2.75) is 26.3 Å². The fourth-order valence-corrected chi connectivity index (χ4v) is 4.99. The predicted molar refractivity (Wildman–Crippen MR) is 131 cm³/mol. The van der Waals surface area contributed by atoms with Gasteiger partial charge >= 0.3 is 0 Å². The SMILES string of the molecule is CC(C)CN(C[C@H]1CN(Cc2ccc(F)c(F)c2)C[C@H]1c1ccc(F)cc1)C(=O)c1ccccc1. The van der Waals surface area contributed by atoms with Crippen LogP contribution >= 0.6 is 0 Å². The third-order valence-corrected chi connectivity index (χ3v) is 6.55. The number of hydrogen-bond donors (Lipinski definition) is 0. The van der Waals surface area contributed by atoms with Gasteiger partial charge in [0.2, 0.25) is 0 Å². The molecule has 184 valence electrons. The Labute approximate surface area is 205 Å². The molecule has 0 spiro atoms. The van der Waals surface area contributed by atoms with Crippen LogP contribution in [-0.2, 0) is 6.54 Å². The number of halogens is 3. The van der Waals surface area contributed by atoms with E-state index in [-0.39, 0.29) is 23.6 Å². The standard InChI is InChI=1S/C29H31F3N2O/c1-20(2)15-34(29(35)23-6-4-3-5-7-23)18-24-17-33(16-21-8-13-27(31)28(32)14-21)19-26(24)22-9-11-25(30)12-10-22/h3-14,20,24,26H,15-19H2,1-2H3/t24-,26+/m1/s1. The van der Waals surface area contributed by atoms with E-state index in [1.54, 1.807) is 18.2 Å². The molecule has 0 saturated carbocycles. The van der Waals surface area contributed by atoms with E-state index in [9.17, 15) is 18.0 Å². The number of carbonyl (C=O) groups is 1. The molecule has 0 radical (unpaired) electrons. The molecule has 1 fully saturated rings. The van der Waals surface area contributed by atoms with Gasteiger partial charge in [0.1, 0.15) is 5.82 Å². The van der Waals surface area contributed by atoms with Gasteiger partial charge in [-0.3, -0.25) is 9.69 Å². The zero-order valence-corrected chi connectivity index (χ0v) is 20.1. The van der Waals surface area contributed by atoms with Crippen LogP contribution in [0, 0.1) is 29.3 Å². The summed E-state index contributed by atoms with van der Waals surface area (Å²) in [6.07, 6.45) is 0. The minimum absolute atomic E-state index is 0.00351. The van der Waals surface area contributed by atoms with E-state index in [4.69, 9.17) is 0 Å². The Hall–Kier alpha value is -3.12. The Kier molecular flexibility index (Phi) is 7.91. The van der Waals surface area contributed by atoms with Gasteiger partial charge in [-0.2, -0.15) is 0 Å². The first kappa shape index (κ1) is 25.0. The van der Waals surface area contributed by atoms with E-state index < -0.39 is 11.6 Å². The van der Waals surface area contributed by atoms with E-state index in [0.717, 1.165) is 11.6 Å². The van der Waals surface area contributed by atoms with Crippen LogP contribution in [0.3, 0.4) is 0 Å². The normalized spacial score (nSPS) is 18.2. The van der Waals surface area contributed by atoms with Crippen LogP contribution in [0.4, 0.5) is 13.2 Å². The van der Waals surface area contributed by atoms with Crippen molar-refractivity contribution in [3.05, 3.63) is 107 Å². The van der Waals surface area contributed by atoms with Gasteiger partial charge in [-0.05, 0) is 59.4 Å². The Bertz CT molecular complexity index is 1130. The highest BCUT2D eigenvalue weighted by molar-refractivity contribution is 5.94. The molecule has 35 heavy (non-hydrogen) atoms. The largest absolute Gasteiger partial charge is 0.338 e. The minimum Gasteiger partial charge on any atom is -0.338 e. The summed E-state index contributed by atoms with van der Waals surface area (Å²) in [6.45, 7) is 7.22. The zero-order chi connectivity index (χ0) is 24.9. The monoisotopic (exact) mass is 480 g/mol. The van der Waals surface area contributed by atoms with Crippen molar-refractivity contribution in [3.8, 4) is 0 Å². The zero-order valence-electron chi connectivity index (χ0n) is 20.1. The first-order valence-corrected chi connectivity index (χ1v) is 12.1. The number of benzene rings is 3. The average molecular weight is 481 g/mol. The lowest BCUT2D eigenvalue weighted by molar-refractivity contribution is 0.0703. The van der Waals surface area contributed by atoms with Crippen molar-refractivity contribution < 1.29 is 18.0 Å². The fraction of sp³-hybridized carbons (Fsp3) is 0.345. The lowest BCUT2D eigenvalue weighted by atomic mass is 9.88. The molecular weight excluding hydrogens is 449 g/mol. The Morgan fingerprint density at radius 3 is 2.31 bits per heavy atom. The molecular formula is C29H31F3N2O. The molecule has 1 amide bonds. The second-order valence-corrected chi connectivity index (χ2v) is 9.83. The van der Waals surface area contributed by atoms with Gasteiger partial charge in [-0.15, -0.1) is 0 Å². The summed E-state index contributed by atoms with van der Waals surface area (Å²) in [7, 11) is 0. The summed E-state index contributed by atoms with van der Waals surface area (Å²) in [5.74, 6) is -1.52. The Morgan fingerprint density at radius 1 is 0.943 bits per heavy atom. The summed E-state index contributed by atoms with van der Waals surface area (Å²) in [5, 5.41) is 0. The molecule has 3 nitrogen and oxygen atoms in total. The van der Waals surface area contributed by atoms with Crippen LogP contribution in [0.2, 0.25) is 0 Å². The highest BCUT2D eigenvalue weighted by Gasteiger charge is 2.36. The van der Waals surface area contributed by atoms with Crippen molar-refractivity contribution >= 4 is 5.91 Å². The minimum atomic E-state index is -0.860. The molecule has 2 atom stereocenters. The second kappa shape index (κ2) is 11.1. The fourth-order valence-electron chi connectivity index (χ4n) is 4.99. The maximum Gasteiger partial charge on any atom is 0.253 e. The maximum atomic E-state index is 13.8. The molecule has 0 bridgehead atoms. The van der Waals surface area contributed by atoms with Crippen molar-refractivity contribution in [1.29, 1.82) is 0 Å². The summed E-state index contributed by atoms with van der Waals surface area (Å²) < 4.78 is 40.8. The van der Waals surface area contributed by atoms with E-state index in [2.05, 4.69) is 18.7 Å². The predicted octanol–water partition coefficient (Wildman–Crippen LogP) is 6.12. The first-order valence-electron chi connectivity index (χ1n) is 12.1. The number of nitrogens with zero attached hydrogens (tertiary/aromatic N) is 2. The van der Waals surface area contributed by atoms with Gasteiger partial charge in [0.25, 0.3) is 5.91 Å². The molecule has 4 rings (SSSR count). The molecule has 0 unspecified atom stereocenters. The van der Waals surface area contributed by atoms with Gasteiger partial charge in [0.05, 0.1) is 0 Å². The quantitative estimate of drug-likeness (QED) is 0.388. The molecule has 3 aromatic carbocycles. The number of carbonyl (C=O) groups excluding carboxylic acids is 1. The smallest absolute Gasteiger partial charge is 0.253 e. The molecule has 1 heterocycles. The molecule has 3 aromatic rings.